The third-order valence-electron chi connectivity index (χ3n) is 3.12. The van der Waals surface area contributed by atoms with Crippen molar-refractivity contribution in [1.82, 2.24) is 10.3 Å². The number of rotatable bonds is 6. The quantitative estimate of drug-likeness (QED) is 0.615. The number of hydrogen-bond donors (Lipinski definition) is 2. The third-order valence-corrected chi connectivity index (χ3v) is 3.12. The van der Waals surface area contributed by atoms with E-state index in [0.29, 0.717) is 11.4 Å². The maximum Gasteiger partial charge on any atom is 0.573 e. The van der Waals surface area contributed by atoms with Crippen LogP contribution in [0, 0.1) is 12.7 Å². The van der Waals surface area contributed by atoms with Gasteiger partial charge in [0.05, 0.1) is 6.20 Å². The summed E-state index contributed by atoms with van der Waals surface area (Å²) in [5, 5.41) is 5.41. The maximum absolute atomic E-state index is 13.4. The standard InChI is InChI=1S/C16H15F4N3O2/c1-10-2-3-11(8-13(10)17)15(24)22-7-6-21-14-5-4-12(9-23-14)25-16(18,19)20/h2-5,8-9H,6-7H2,1H3,(H,21,23)(H,22,24). The molecule has 0 atom stereocenters. The van der Waals surface area contributed by atoms with Gasteiger partial charge in [0.2, 0.25) is 0 Å². The van der Waals surface area contributed by atoms with Crippen molar-refractivity contribution in [1.29, 1.82) is 0 Å². The molecule has 0 saturated carbocycles. The second kappa shape index (κ2) is 7.82. The number of carbonyl (C=O) groups excluding carboxylic acids is 1. The first-order valence-electron chi connectivity index (χ1n) is 7.24. The Morgan fingerprint density at radius 3 is 2.56 bits per heavy atom. The highest BCUT2D eigenvalue weighted by molar-refractivity contribution is 5.94. The van der Waals surface area contributed by atoms with Gasteiger partial charge in [-0.25, -0.2) is 9.37 Å². The van der Waals surface area contributed by atoms with Crippen LogP contribution in [0.2, 0.25) is 0 Å². The van der Waals surface area contributed by atoms with E-state index in [1.807, 2.05) is 0 Å². The lowest BCUT2D eigenvalue weighted by atomic mass is 10.1. The summed E-state index contributed by atoms with van der Waals surface area (Å²) in [4.78, 5) is 15.6. The number of halogens is 4. The van der Waals surface area contributed by atoms with E-state index in [-0.39, 0.29) is 18.7 Å². The predicted octanol–water partition coefficient (Wildman–Crippen LogP) is 3.27. The Kier molecular flexibility index (Phi) is 5.79. The fraction of sp³-hybridized carbons (Fsp3) is 0.250. The molecule has 0 aliphatic heterocycles. The fourth-order valence-corrected chi connectivity index (χ4v) is 1.88. The van der Waals surface area contributed by atoms with Crippen molar-refractivity contribution in [3.05, 3.63) is 53.5 Å². The number of aryl methyl sites for hydroxylation is 1. The molecule has 0 saturated heterocycles. The minimum atomic E-state index is -4.77. The molecule has 5 nitrogen and oxygen atoms in total. The molecule has 25 heavy (non-hydrogen) atoms. The van der Waals surface area contributed by atoms with E-state index in [1.54, 1.807) is 6.92 Å². The van der Waals surface area contributed by atoms with Crippen LogP contribution in [0.15, 0.2) is 36.5 Å². The Morgan fingerprint density at radius 2 is 1.96 bits per heavy atom. The molecule has 0 spiro atoms. The lowest BCUT2D eigenvalue weighted by Gasteiger charge is -2.10. The first-order valence-corrected chi connectivity index (χ1v) is 7.24. The number of ether oxygens (including phenoxy) is 1. The molecule has 9 heteroatoms. The Hall–Kier alpha value is -2.84. The molecular formula is C16H15F4N3O2. The molecular weight excluding hydrogens is 342 g/mol. The van der Waals surface area contributed by atoms with E-state index in [4.69, 9.17) is 0 Å². The summed E-state index contributed by atoms with van der Waals surface area (Å²) in [7, 11) is 0. The van der Waals surface area contributed by atoms with Crippen LogP contribution in [-0.4, -0.2) is 30.3 Å². The van der Waals surface area contributed by atoms with Crippen LogP contribution in [0.3, 0.4) is 0 Å². The number of pyridine rings is 1. The fourth-order valence-electron chi connectivity index (χ4n) is 1.88. The van der Waals surface area contributed by atoms with Crippen LogP contribution < -0.4 is 15.4 Å². The highest BCUT2D eigenvalue weighted by Crippen LogP contribution is 2.22. The molecule has 1 aromatic carbocycles. The van der Waals surface area contributed by atoms with Crippen LogP contribution in [0.4, 0.5) is 23.4 Å². The Morgan fingerprint density at radius 1 is 1.20 bits per heavy atom. The van der Waals surface area contributed by atoms with Crippen molar-refractivity contribution in [2.75, 3.05) is 18.4 Å². The summed E-state index contributed by atoms with van der Waals surface area (Å²) < 4.78 is 53.2. The molecule has 0 aliphatic carbocycles. The number of nitrogens with zero attached hydrogens (tertiary/aromatic N) is 1. The molecule has 1 heterocycles. The summed E-state index contributed by atoms with van der Waals surface area (Å²) in [6.07, 6.45) is -3.83. The second-order valence-corrected chi connectivity index (χ2v) is 5.07. The number of nitrogens with one attached hydrogen (secondary N) is 2. The summed E-state index contributed by atoms with van der Waals surface area (Å²) in [6.45, 7) is 2.10. The summed E-state index contributed by atoms with van der Waals surface area (Å²) in [5.41, 5.74) is 0.650. The monoisotopic (exact) mass is 357 g/mol. The van der Waals surface area contributed by atoms with Crippen molar-refractivity contribution in [3.63, 3.8) is 0 Å². The Balaban J connectivity index is 1.77. The van der Waals surface area contributed by atoms with Crippen LogP contribution in [0.25, 0.3) is 0 Å². The minimum Gasteiger partial charge on any atom is -0.404 e. The average Bonchev–Trinajstić information content (AvgIpc) is 2.54. The molecule has 0 fully saturated rings. The summed E-state index contributed by atoms with van der Waals surface area (Å²) >= 11 is 0. The van der Waals surface area contributed by atoms with Gasteiger partial charge in [0.25, 0.3) is 5.91 Å². The van der Waals surface area contributed by atoms with E-state index in [0.717, 1.165) is 18.3 Å². The zero-order valence-electron chi connectivity index (χ0n) is 13.2. The van der Waals surface area contributed by atoms with E-state index in [2.05, 4.69) is 20.4 Å². The maximum atomic E-state index is 13.4. The van der Waals surface area contributed by atoms with Gasteiger partial charge in [-0.1, -0.05) is 6.07 Å². The van der Waals surface area contributed by atoms with Crippen molar-refractivity contribution < 1.29 is 27.1 Å². The average molecular weight is 357 g/mol. The molecule has 0 unspecified atom stereocenters. The predicted molar refractivity (Wildman–Crippen MR) is 82.9 cm³/mol. The smallest absolute Gasteiger partial charge is 0.404 e. The topological polar surface area (TPSA) is 63.2 Å². The number of anilines is 1. The lowest BCUT2D eigenvalue weighted by molar-refractivity contribution is -0.274. The van der Waals surface area contributed by atoms with Crippen molar-refractivity contribution in [2.24, 2.45) is 0 Å². The summed E-state index contributed by atoms with van der Waals surface area (Å²) in [5.74, 6) is -0.989. The minimum absolute atomic E-state index is 0.204. The van der Waals surface area contributed by atoms with Crippen LogP contribution >= 0.6 is 0 Å². The molecule has 134 valence electrons. The van der Waals surface area contributed by atoms with Gasteiger partial charge in [-0.15, -0.1) is 13.2 Å². The molecule has 2 rings (SSSR count). The van der Waals surface area contributed by atoms with Gasteiger partial charge in [0, 0.05) is 18.7 Å². The zero-order chi connectivity index (χ0) is 18.4. The van der Waals surface area contributed by atoms with Crippen molar-refractivity contribution in [3.8, 4) is 5.75 Å². The molecule has 2 N–H and O–H groups in total. The number of hydrogen-bond acceptors (Lipinski definition) is 4. The van der Waals surface area contributed by atoms with Gasteiger partial charge in [-0.2, -0.15) is 0 Å². The van der Waals surface area contributed by atoms with E-state index >= 15 is 0 Å². The van der Waals surface area contributed by atoms with Gasteiger partial charge in [0.1, 0.15) is 17.4 Å². The van der Waals surface area contributed by atoms with Gasteiger partial charge in [-0.3, -0.25) is 4.79 Å². The van der Waals surface area contributed by atoms with Gasteiger partial charge in [-0.05, 0) is 36.8 Å². The highest BCUT2D eigenvalue weighted by Gasteiger charge is 2.31. The van der Waals surface area contributed by atoms with Crippen molar-refractivity contribution >= 4 is 11.7 Å². The normalized spacial score (nSPS) is 11.1. The Labute approximate surface area is 141 Å². The first kappa shape index (κ1) is 18.5. The third kappa shape index (κ3) is 5.94. The first-order chi connectivity index (χ1) is 11.7. The van der Waals surface area contributed by atoms with Crippen LogP contribution in [0.5, 0.6) is 5.75 Å². The van der Waals surface area contributed by atoms with Gasteiger partial charge in [0.15, 0.2) is 0 Å². The molecule has 0 bridgehead atoms. The molecule has 1 amide bonds. The lowest BCUT2D eigenvalue weighted by Crippen LogP contribution is -2.29. The number of benzene rings is 1. The van der Waals surface area contributed by atoms with E-state index < -0.39 is 23.8 Å². The van der Waals surface area contributed by atoms with E-state index in [1.165, 1.54) is 18.2 Å². The van der Waals surface area contributed by atoms with Gasteiger partial charge < -0.3 is 15.4 Å². The number of carbonyl (C=O) groups is 1. The van der Waals surface area contributed by atoms with E-state index in [9.17, 15) is 22.4 Å². The van der Waals surface area contributed by atoms with Gasteiger partial charge >= 0.3 is 6.36 Å². The molecule has 2 aromatic rings. The molecule has 0 radical (unpaired) electrons. The molecule has 1 aromatic heterocycles. The molecule has 0 aliphatic rings. The number of aromatic nitrogens is 1. The Bertz CT molecular complexity index is 733. The van der Waals surface area contributed by atoms with Crippen molar-refractivity contribution in [2.45, 2.75) is 13.3 Å². The number of amides is 1. The highest BCUT2D eigenvalue weighted by atomic mass is 19.4. The summed E-state index contributed by atoms with van der Waals surface area (Å²) in [6, 6.07) is 6.62. The SMILES string of the molecule is Cc1ccc(C(=O)NCCNc2ccc(OC(F)(F)F)cn2)cc1F. The van der Waals surface area contributed by atoms with Crippen LogP contribution in [0.1, 0.15) is 15.9 Å². The largest absolute Gasteiger partial charge is 0.573 e. The number of alkyl halides is 3. The zero-order valence-corrected chi connectivity index (χ0v) is 13.2. The second-order valence-electron chi connectivity index (χ2n) is 5.07. The van der Waals surface area contributed by atoms with Crippen LogP contribution in [-0.2, 0) is 0 Å².